The fourth-order valence-corrected chi connectivity index (χ4v) is 1.10. The zero-order valence-electron chi connectivity index (χ0n) is 7.40. The van der Waals surface area contributed by atoms with E-state index in [2.05, 4.69) is 0 Å². The smallest absolute Gasteiger partial charge is 0.550 e. The fraction of sp³-hybridized carbons (Fsp3) is 0.875. The van der Waals surface area contributed by atoms with E-state index in [1.165, 1.54) is 0 Å². The number of hydrogen-bond donors (Lipinski definition) is 0. The van der Waals surface area contributed by atoms with E-state index >= 15 is 0 Å². The van der Waals surface area contributed by atoms with E-state index in [1.54, 1.807) is 13.8 Å². The van der Waals surface area contributed by atoms with Crippen LogP contribution in [-0.2, 0) is 27.2 Å². The van der Waals surface area contributed by atoms with Crippen molar-refractivity contribution < 1.29 is 32.3 Å². The molecule has 0 aromatic heterocycles. The topological polar surface area (TPSA) is 40.1 Å². The molecule has 0 aromatic rings. The molecule has 0 N–H and O–H groups in total. The Kier molecular flexibility index (Phi) is 6.22. The van der Waals surface area contributed by atoms with Gasteiger partial charge in [-0.25, -0.2) is 0 Å². The Hall–Kier alpha value is 0.210. The first-order valence-corrected chi connectivity index (χ1v) is 3.57. The van der Waals surface area contributed by atoms with Crippen LogP contribution in [-0.4, -0.2) is 5.97 Å². The van der Waals surface area contributed by atoms with Gasteiger partial charge in [0.25, 0.3) is 0 Å². The Morgan fingerprint density at radius 2 is 1.82 bits per heavy atom. The van der Waals surface area contributed by atoms with Gasteiger partial charge in [0.15, 0.2) is 0 Å². The minimum absolute atomic E-state index is 0. The normalized spacial score (nSPS) is 11.0. The van der Waals surface area contributed by atoms with Crippen LogP contribution < -0.4 is 5.11 Å². The van der Waals surface area contributed by atoms with Gasteiger partial charge in [-0.05, 0) is 12.3 Å². The summed E-state index contributed by atoms with van der Waals surface area (Å²) in [5.74, 6) is -0.547. The number of rotatable bonds is 3. The summed E-state index contributed by atoms with van der Waals surface area (Å²) in [6, 6.07) is 0. The van der Waals surface area contributed by atoms with Crippen molar-refractivity contribution in [3.8, 4) is 0 Å². The van der Waals surface area contributed by atoms with E-state index < -0.39 is 11.4 Å². The number of carboxylic acids is 1. The number of carbonyl (C=O) groups excluding carboxylic acids is 1. The molecule has 0 unspecified atom stereocenters. The molecule has 0 atom stereocenters. The summed E-state index contributed by atoms with van der Waals surface area (Å²) >= 11 is 0. The van der Waals surface area contributed by atoms with Crippen molar-refractivity contribution in [2.45, 2.75) is 34.1 Å². The van der Waals surface area contributed by atoms with E-state index in [-0.39, 0.29) is 22.4 Å². The van der Waals surface area contributed by atoms with Gasteiger partial charge in [-0.1, -0.05) is 27.7 Å². The maximum atomic E-state index is 10.4. The van der Waals surface area contributed by atoms with Crippen LogP contribution in [0.3, 0.4) is 0 Å². The van der Waals surface area contributed by atoms with Gasteiger partial charge in [-0.2, -0.15) is 0 Å². The van der Waals surface area contributed by atoms with Crippen LogP contribution in [0.25, 0.3) is 0 Å². The molecular formula is C8H15AgO2. The first-order valence-electron chi connectivity index (χ1n) is 3.57. The number of aliphatic carboxylic acids is 1. The fourth-order valence-electron chi connectivity index (χ4n) is 1.10. The Balaban J connectivity index is 0. The molecular weight excluding hydrogens is 236 g/mol. The van der Waals surface area contributed by atoms with Crippen molar-refractivity contribution in [2.75, 3.05) is 0 Å². The second-order valence-electron chi connectivity index (χ2n) is 3.77. The molecule has 0 aliphatic carbocycles. The molecule has 0 aliphatic rings. The minimum atomic E-state index is -0.957. The van der Waals surface area contributed by atoms with Crippen molar-refractivity contribution in [2.24, 2.45) is 11.3 Å². The Morgan fingerprint density at radius 3 is 1.91 bits per heavy atom. The Labute approximate surface area is 83.9 Å². The van der Waals surface area contributed by atoms with Gasteiger partial charge in [0.2, 0.25) is 0 Å². The zero-order chi connectivity index (χ0) is 8.36. The first-order chi connectivity index (χ1) is 4.36. The van der Waals surface area contributed by atoms with Crippen LogP contribution in [0.4, 0.5) is 0 Å². The molecule has 11 heavy (non-hydrogen) atoms. The Bertz CT molecular complexity index is 130. The second kappa shape index (κ2) is 4.96. The third kappa shape index (κ3) is 5.48. The molecule has 0 bridgehead atoms. The molecule has 70 valence electrons. The van der Waals surface area contributed by atoms with Crippen LogP contribution in [0.15, 0.2) is 0 Å². The molecule has 3 heteroatoms. The summed E-state index contributed by atoms with van der Waals surface area (Å²) in [6.45, 7) is 7.40. The van der Waals surface area contributed by atoms with E-state index in [0.717, 1.165) is 0 Å². The molecule has 0 saturated heterocycles. The molecule has 2 nitrogen and oxygen atoms in total. The van der Waals surface area contributed by atoms with Crippen molar-refractivity contribution >= 4 is 5.97 Å². The third-order valence-electron chi connectivity index (χ3n) is 1.47. The molecule has 0 fully saturated rings. The molecule has 0 saturated carbocycles. The zero-order valence-corrected chi connectivity index (χ0v) is 8.88. The van der Waals surface area contributed by atoms with Gasteiger partial charge in [0.05, 0.1) is 0 Å². The van der Waals surface area contributed by atoms with Crippen LogP contribution in [0.5, 0.6) is 0 Å². The van der Waals surface area contributed by atoms with E-state index in [9.17, 15) is 9.90 Å². The molecule has 0 amide bonds. The summed E-state index contributed by atoms with van der Waals surface area (Å²) in [7, 11) is 0. The van der Waals surface area contributed by atoms with Crippen molar-refractivity contribution in [1.29, 1.82) is 0 Å². The van der Waals surface area contributed by atoms with Crippen molar-refractivity contribution in [3.63, 3.8) is 0 Å². The molecule has 0 aliphatic heterocycles. The minimum Gasteiger partial charge on any atom is -0.550 e. The van der Waals surface area contributed by atoms with E-state index in [1.807, 2.05) is 13.8 Å². The molecule has 0 radical (unpaired) electrons. The van der Waals surface area contributed by atoms with E-state index in [0.29, 0.717) is 12.3 Å². The van der Waals surface area contributed by atoms with Crippen LogP contribution in [0.1, 0.15) is 34.1 Å². The summed E-state index contributed by atoms with van der Waals surface area (Å²) in [5, 5.41) is 10.4. The van der Waals surface area contributed by atoms with Gasteiger partial charge in [-0.3, -0.25) is 0 Å². The van der Waals surface area contributed by atoms with Crippen molar-refractivity contribution in [3.05, 3.63) is 0 Å². The summed E-state index contributed by atoms with van der Waals surface area (Å²) in [6.07, 6.45) is 0.676. The predicted molar refractivity (Wildman–Crippen MR) is 38.2 cm³/mol. The van der Waals surface area contributed by atoms with Crippen LogP contribution in [0, 0.1) is 11.3 Å². The summed E-state index contributed by atoms with van der Waals surface area (Å²) in [4.78, 5) is 10.4. The quantitative estimate of drug-likeness (QED) is 0.696. The van der Waals surface area contributed by atoms with Gasteiger partial charge in [-0.15, -0.1) is 0 Å². The largest absolute Gasteiger partial charge is 1.00 e. The summed E-state index contributed by atoms with van der Waals surface area (Å²) < 4.78 is 0. The van der Waals surface area contributed by atoms with Crippen LogP contribution in [0.2, 0.25) is 0 Å². The second-order valence-corrected chi connectivity index (χ2v) is 3.77. The number of hydrogen-bond acceptors (Lipinski definition) is 2. The molecule has 0 spiro atoms. The number of carboxylic acid groups (broad SMARTS) is 1. The maximum absolute atomic E-state index is 10.4. The SMILES string of the molecule is CC(C)CC(C)(C)C(=O)[O-].[Ag+]. The van der Waals surface area contributed by atoms with Gasteiger partial charge in [0, 0.05) is 11.4 Å². The van der Waals surface area contributed by atoms with Gasteiger partial charge >= 0.3 is 22.4 Å². The maximum Gasteiger partial charge on any atom is 1.00 e. The molecule has 0 aromatic carbocycles. The monoisotopic (exact) mass is 250 g/mol. The molecule has 0 heterocycles. The third-order valence-corrected chi connectivity index (χ3v) is 1.47. The van der Waals surface area contributed by atoms with Crippen molar-refractivity contribution in [1.82, 2.24) is 0 Å². The standard InChI is InChI=1S/C8H16O2.Ag/c1-6(2)5-8(3,4)7(9)10;/h6H,5H2,1-4H3,(H,9,10);/q;+1/p-1. The predicted octanol–water partition coefficient (Wildman–Crippen LogP) is 0.806. The average Bonchev–Trinajstić information content (AvgIpc) is 1.60. The number of carbonyl (C=O) groups is 1. The average molecular weight is 251 g/mol. The van der Waals surface area contributed by atoms with Gasteiger partial charge < -0.3 is 9.90 Å². The molecule has 0 rings (SSSR count). The van der Waals surface area contributed by atoms with Crippen LogP contribution >= 0.6 is 0 Å². The van der Waals surface area contributed by atoms with E-state index in [4.69, 9.17) is 0 Å². The van der Waals surface area contributed by atoms with Gasteiger partial charge in [0.1, 0.15) is 0 Å². The summed E-state index contributed by atoms with van der Waals surface area (Å²) in [5.41, 5.74) is -0.672. The Morgan fingerprint density at radius 1 is 1.45 bits per heavy atom. The first kappa shape index (κ1) is 13.8.